The summed E-state index contributed by atoms with van der Waals surface area (Å²) in [6.45, 7) is 0. The smallest absolute Gasteiger partial charge is 0.118 e. The van der Waals surface area contributed by atoms with E-state index in [1.165, 1.54) is 0 Å². The van der Waals surface area contributed by atoms with Crippen molar-refractivity contribution < 1.29 is 0 Å². The van der Waals surface area contributed by atoms with Crippen LogP contribution in [0.2, 0.25) is 0 Å². The molecule has 0 nitrogen and oxygen atoms in total. The average molecular weight is 383 g/mol. The summed E-state index contributed by atoms with van der Waals surface area (Å²) in [7, 11) is 0. The fourth-order valence-electron chi connectivity index (χ4n) is 3.08. The predicted octanol–water partition coefficient (Wildman–Crippen LogP) is 5.24. The Morgan fingerprint density at radius 1 is 0.882 bits per heavy atom. The SMILES string of the molecule is Cl[13C]1=[13C](Cl)[13C]2(Cl)[13CH]3[13CH](Cl)[13CH]=[13CH][13CH]3[13C]1(Cl)[13C]2(Cl)Cl. The van der Waals surface area contributed by atoms with Gasteiger partial charge in [-0.15, -0.1) is 34.8 Å². The van der Waals surface area contributed by atoms with Gasteiger partial charge < -0.3 is 0 Å². The van der Waals surface area contributed by atoms with Crippen molar-refractivity contribution in [1.29, 1.82) is 0 Å². The number of alkyl halides is 5. The Hall–Kier alpha value is 1.51. The molecule has 0 aromatic heterocycles. The maximum absolute atomic E-state index is 6.57. The van der Waals surface area contributed by atoms with E-state index in [4.69, 9.17) is 81.2 Å². The van der Waals surface area contributed by atoms with E-state index in [-0.39, 0.29) is 27.3 Å². The lowest BCUT2D eigenvalue weighted by atomic mass is 10.8. The first-order chi connectivity index (χ1) is 7.70. The van der Waals surface area contributed by atoms with Crippen LogP contribution < -0.4 is 0 Å². The van der Waals surface area contributed by atoms with Gasteiger partial charge in [0.05, 0.1) is 15.4 Å². The normalized spacial score (nSPS) is 54.6. The highest BCUT2D eigenvalue weighted by Gasteiger charge is 2.83. The number of halogens is 7. The maximum atomic E-state index is 6.57. The largest absolute Gasteiger partial charge is 0.167 e. The van der Waals surface area contributed by atoms with Crippen molar-refractivity contribution in [2.75, 3.05) is 0 Å². The molecule has 3 rings (SSSR count). The molecular weight excluding hydrogens is 378 g/mol. The second-order valence-corrected chi connectivity index (χ2v) is 8.29. The molecule has 5 atom stereocenters. The summed E-state index contributed by atoms with van der Waals surface area (Å²) in [6.07, 6.45) is 3.69. The van der Waals surface area contributed by atoms with Crippen LogP contribution in [0.15, 0.2) is 22.2 Å². The average Bonchev–Trinajstić information content (AvgIpc) is 2.73. The molecule has 0 aromatic rings. The van der Waals surface area contributed by atoms with Gasteiger partial charge >= 0.3 is 0 Å². The summed E-state index contributed by atoms with van der Waals surface area (Å²) in [5.41, 5.74) is 0. The second kappa shape index (κ2) is 3.58. The van der Waals surface area contributed by atoms with Crippen molar-refractivity contribution in [1.82, 2.24) is 0 Å². The molecule has 5 unspecified atom stereocenters. The molecule has 0 N–H and O–H groups in total. The molecule has 0 aliphatic heterocycles. The minimum atomic E-state index is -1.48. The zero-order valence-corrected chi connectivity index (χ0v) is 13.3. The Labute approximate surface area is 134 Å². The Kier molecular flexibility index (Phi) is 2.84. The van der Waals surface area contributed by atoms with Crippen LogP contribution in [0.3, 0.4) is 0 Å². The Bertz CT molecular complexity index is 467. The molecule has 17 heavy (non-hydrogen) atoms. The first-order valence-electron chi connectivity index (χ1n) is 4.85. The van der Waals surface area contributed by atoms with Crippen molar-refractivity contribution in [3.05, 3.63) is 22.2 Å². The highest BCUT2D eigenvalue weighted by molar-refractivity contribution is 6.66. The van der Waals surface area contributed by atoms with E-state index >= 15 is 0 Å². The first kappa shape index (κ1) is 13.5. The number of hydrogen-bond acceptors (Lipinski definition) is 0. The third-order valence-electron chi connectivity index (χ3n) is 3.90. The number of rotatable bonds is 0. The van der Waals surface area contributed by atoms with E-state index in [1.807, 2.05) is 12.2 Å². The lowest BCUT2D eigenvalue weighted by Gasteiger charge is -2.34. The molecule has 94 valence electrons. The fraction of sp³-hybridized carbons (Fsp3) is 0.600. The summed E-state index contributed by atoms with van der Waals surface area (Å²) in [6, 6.07) is 0. The topological polar surface area (TPSA) is 0 Å². The Morgan fingerprint density at radius 3 is 2.00 bits per heavy atom. The van der Waals surface area contributed by atoms with Crippen LogP contribution in [0.5, 0.6) is 0 Å². The molecule has 1 fully saturated rings. The van der Waals surface area contributed by atoms with Gasteiger partial charge in [-0.1, -0.05) is 58.6 Å². The van der Waals surface area contributed by atoms with Gasteiger partial charge in [0, 0.05) is 11.8 Å². The highest BCUT2D eigenvalue weighted by atomic mass is 35.5. The summed E-state index contributed by atoms with van der Waals surface area (Å²) in [5.74, 6) is -0.470. The number of hydrogen-bond donors (Lipinski definition) is 0. The third-order valence-corrected chi connectivity index (χ3v) is 8.61. The van der Waals surface area contributed by atoms with E-state index in [2.05, 4.69) is 0 Å². The molecule has 0 spiro atoms. The first-order valence-corrected chi connectivity index (χ1v) is 7.55. The van der Waals surface area contributed by atoms with E-state index in [0.717, 1.165) is 0 Å². The van der Waals surface area contributed by atoms with Gasteiger partial charge in [-0.05, 0) is 0 Å². The number of allylic oxidation sites excluding steroid dienone is 4. The van der Waals surface area contributed by atoms with Crippen molar-refractivity contribution >= 4 is 81.2 Å². The zero-order valence-electron chi connectivity index (χ0n) is 8.03. The van der Waals surface area contributed by atoms with Crippen LogP contribution in [-0.2, 0) is 0 Å². The van der Waals surface area contributed by atoms with Crippen molar-refractivity contribution in [2.45, 2.75) is 19.5 Å². The molecule has 0 saturated heterocycles. The molecule has 0 radical (unpaired) electrons. The molecule has 0 amide bonds. The number of fused-ring (bicyclic) bond motifs is 5. The van der Waals surface area contributed by atoms with Crippen LogP contribution in [0.4, 0.5) is 0 Å². The molecule has 3 aliphatic rings. The van der Waals surface area contributed by atoms with Crippen LogP contribution in [0, 0.1) is 11.8 Å². The molecule has 2 bridgehead atoms. The van der Waals surface area contributed by atoms with Crippen LogP contribution in [0.25, 0.3) is 0 Å². The van der Waals surface area contributed by atoms with Crippen molar-refractivity contribution in [3.63, 3.8) is 0 Å². The fourth-order valence-corrected chi connectivity index (χ4v) is 6.60. The van der Waals surface area contributed by atoms with Crippen LogP contribution in [0.1, 0.15) is 0 Å². The molecule has 0 heterocycles. The predicted molar refractivity (Wildman–Crippen MR) is 76.1 cm³/mol. The minimum Gasteiger partial charge on any atom is -0.118 e. The Balaban J connectivity index is 2.32. The zero-order chi connectivity index (χ0) is 12.8. The molecule has 1 saturated carbocycles. The van der Waals surface area contributed by atoms with Crippen LogP contribution in [-0.4, -0.2) is 19.5 Å². The van der Waals surface area contributed by atoms with Gasteiger partial charge in [0.15, 0.2) is 4.33 Å². The van der Waals surface area contributed by atoms with Gasteiger partial charge in [-0.3, -0.25) is 0 Å². The van der Waals surface area contributed by atoms with Gasteiger partial charge in [0.1, 0.15) is 9.75 Å². The monoisotopic (exact) mass is 380 g/mol. The highest BCUT2D eigenvalue weighted by Crippen LogP contribution is 2.78. The van der Waals surface area contributed by atoms with Gasteiger partial charge in [-0.2, -0.15) is 0 Å². The lowest BCUT2D eigenvalue weighted by molar-refractivity contribution is 0.420. The standard InChI is InChI=1S/C10H5Cl7/c11-4-2-1-3-5(4)9(15)7(13)6(12)8(3,14)10(9,16)17/h1-5H/i1+1,2+1,3+1,4+1,5+1,6+1,7+1,8+1,9+1,10+1. The third kappa shape index (κ3) is 1.15. The summed E-state index contributed by atoms with van der Waals surface area (Å²) < 4.78 is -1.48. The van der Waals surface area contributed by atoms with Gasteiger partial charge in [0.2, 0.25) is 0 Å². The van der Waals surface area contributed by atoms with Crippen LogP contribution >= 0.6 is 81.2 Å². The quantitative estimate of drug-likeness (QED) is 0.305. The van der Waals surface area contributed by atoms with Gasteiger partial charge in [0.25, 0.3) is 0 Å². The summed E-state index contributed by atoms with van der Waals surface area (Å²) >= 11 is 44.5. The molecule has 7 heteroatoms. The van der Waals surface area contributed by atoms with Crippen molar-refractivity contribution in [2.24, 2.45) is 11.8 Å². The molecule has 0 aromatic carbocycles. The van der Waals surface area contributed by atoms with E-state index in [9.17, 15) is 0 Å². The lowest BCUT2D eigenvalue weighted by Crippen LogP contribution is -2.45. The van der Waals surface area contributed by atoms with Crippen molar-refractivity contribution in [3.8, 4) is 0 Å². The Morgan fingerprint density at radius 2 is 1.41 bits per heavy atom. The maximum Gasteiger partial charge on any atom is 0.167 e. The molecular formula is C10H5Cl7. The minimum absolute atomic E-state index is 0.205. The molecule has 3 aliphatic carbocycles. The van der Waals surface area contributed by atoms with E-state index < -0.39 is 14.1 Å². The summed E-state index contributed by atoms with van der Waals surface area (Å²) in [4.78, 5) is -2.45. The van der Waals surface area contributed by atoms with Gasteiger partial charge in [-0.25, -0.2) is 0 Å². The van der Waals surface area contributed by atoms with E-state index in [1.54, 1.807) is 0 Å². The summed E-state index contributed by atoms with van der Waals surface area (Å²) in [5, 5.41) is 0.113. The second-order valence-electron chi connectivity index (χ2n) is 4.51. The van der Waals surface area contributed by atoms with E-state index in [0.29, 0.717) is 0 Å².